The second-order valence-corrected chi connectivity index (χ2v) is 7.13. The fourth-order valence-corrected chi connectivity index (χ4v) is 3.49. The van der Waals surface area contributed by atoms with Crippen molar-refractivity contribution in [2.45, 2.75) is 32.2 Å². The van der Waals surface area contributed by atoms with E-state index in [4.69, 9.17) is 5.73 Å². The molecule has 3 heterocycles. The van der Waals surface area contributed by atoms with Crippen molar-refractivity contribution in [2.75, 3.05) is 37.3 Å². The molecule has 9 heteroatoms. The maximum absolute atomic E-state index is 12.6. The number of nitrogen functional groups attached to an aromatic ring is 1. The van der Waals surface area contributed by atoms with Gasteiger partial charge in [0.05, 0.1) is 5.69 Å². The Labute approximate surface area is 152 Å². The summed E-state index contributed by atoms with van der Waals surface area (Å²) in [6.45, 7) is 2.48. The Morgan fingerprint density at radius 1 is 1.31 bits per heavy atom. The normalized spacial score (nSPS) is 16.9. The van der Waals surface area contributed by atoms with E-state index in [2.05, 4.69) is 32.0 Å². The Balaban J connectivity index is 1.50. The summed E-state index contributed by atoms with van der Waals surface area (Å²) in [5, 5.41) is 4.01. The van der Waals surface area contributed by atoms with Crippen LogP contribution < -0.4 is 10.6 Å². The highest BCUT2D eigenvalue weighted by atomic mass is 16.2. The van der Waals surface area contributed by atoms with Gasteiger partial charge in [0.2, 0.25) is 11.9 Å². The summed E-state index contributed by atoms with van der Waals surface area (Å²) in [5.41, 5.74) is 8.04. The van der Waals surface area contributed by atoms with Crippen LogP contribution in [-0.2, 0) is 24.2 Å². The summed E-state index contributed by atoms with van der Waals surface area (Å²) >= 11 is 0. The number of anilines is 2. The van der Waals surface area contributed by atoms with Gasteiger partial charge in [-0.1, -0.05) is 0 Å². The van der Waals surface area contributed by atoms with Gasteiger partial charge in [0, 0.05) is 38.7 Å². The van der Waals surface area contributed by atoms with Gasteiger partial charge in [-0.25, -0.2) is 14.6 Å². The number of amides is 1. The lowest BCUT2D eigenvalue weighted by atomic mass is 10.1. The third kappa shape index (κ3) is 3.61. The predicted octanol–water partition coefficient (Wildman–Crippen LogP) is 0.124. The van der Waals surface area contributed by atoms with Crippen LogP contribution in [0.3, 0.4) is 0 Å². The molecule has 138 valence electrons. The van der Waals surface area contributed by atoms with Crippen molar-refractivity contribution in [1.29, 1.82) is 0 Å². The van der Waals surface area contributed by atoms with E-state index in [0.717, 1.165) is 36.0 Å². The summed E-state index contributed by atoms with van der Waals surface area (Å²) in [6.07, 6.45) is 7.00. The van der Waals surface area contributed by atoms with Crippen LogP contribution in [0, 0.1) is 5.92 Å². The highest BCUT2D eigenvalue weighted by Crippen LogP contribution is 2.32. The minimum absolute atomic E-state index is 0.0390. The molecule has 4 rings (SSSR count). The highest BCUT2D eigenvalue weighted by molar-refractivity contribution is 5.76. The maximum atomic E-state index is 12.6. The first kappa shape index (κ1) is 16.7. The van der Waals surface area contributed by atoms with Crippen LogP contribution in [0.15, 0.2) is 12.7 Å². The van der Waals surface area contributed by atoms with Crippen molar-refractivity contribution in [3.63, 3.8) is 0 Å². The Kier molecular flexibility index (Phi) is 4.44. The number of fused-ring (bicyclic) bond motifs is 1. The lowest BCUT2D eigenvalue weighted by Crippen LogP contribution is -2.36. The lowest BCUT2D eigenvalue weighted by Gasteiger charge is -2.22. The number of carbonyl (C=O) groups is 1. The molecular formula is C17H24N8O. The zero-order valence-electron chi connectivity index (χ0n) is 15.0. The summed E-state index contributed by atoms with van der Waals surface area (Å²) in [6, 6.07) is 0. The molecule has 0 saturated heterocycles. The van der Waals surface area contributed by atoms with E-state index >= 15 is 0 Å². The van der Waals surface area contributed by atoms with Gasteiger partial charge >= 0.3 is 0 Å². The van der Waals surface area contributed by atoms with Crippen LogP contribution in [0.1, 0.15) is 24.1 Å². The minimum atomic E-state index is 0.0390. The Morgan fingerprint density at radius 2 is 2.12 bits per heavy atom. The van der Waals surface area contributed by atoms with Crippen molar-refractivity contribution in [3.05, 3.63) is 23.9 Å². The summed E-state index contributed by atoms with van der Waals surface area (Å²) < 4.78 is 1.55. The third-order valence-electron chi connectivity index (χ3n) is 5.05. The first-order valence-electron chi connectivity index (χ1n) is 9.06. The average molecular weight is 356 g/mol. The molecule has 1 aliphatic carbocycles. The Morgan fingerprint density at radius 3 is 2.85 bits per heavy atom. The van der Waals surface area contributed by atoms with Gasteiger partial charge in [-0.2, -0.15) is 10.1 Å². The largest absolute Gasteiger partial charge is 0.368 e. The fourth-order valence-electron chi connectivity index (χ4n) is 3.49. The minimum Gasteiger partial charge on any atom is -0.368 e. The van der Waals surface area contributed by atoms with Gasteiger partial charge in [-0.15, -0.1) is 0 Å². The summed E-state index contributed by atoms with van der Waals surface area (Å²) in [5.74, 6) is 2.03. The molecule has 0 aromatic carbocycles. The van der Waals surface area contributed by atoms with Crippen LogP contribution in [0.2, 0.25) is 0 Å². The zero-order chi connectivity index (χ0) is 18.1. The smallest absolute Gasteiger partial charge is 0.244 e. The van der Waals surface area contributed by atoms with Gasteiger partial charge in [0.1, 0.15) is 25.0 Å². The molecule has 0 bridgehead atoms. The van der Waals surface area contributed by atoms with Crippen molar-refractivity contribution in [1.82, 2.24) is 29.6 Å². The van der Waals surface area contributed by atoms with Crippen molar-refractivity contribution in [2.24, 2.45) is 5.92 Å². The molecule has 0 radical (unpaired) electrons. The lowest BCUT2D eigenvalue weighted by molar-refractivity contribution is -0.131. The number of rotatable bonds is 5. The molecule has 1 amide bonds. The Hall–Kier alpha value is -2.71. The van der Waals surface area contributed by atoms with Crippen LogP contribution in [0.25, 0.3) is 0 Å². The number of carbonyl (C=O) groups excluding carboxylic acids is 1. The second-order valence-electron chi connectivity index (χ2n) is 7.13. The average Bonchev–Trinajstić information content (AvgIpc) is 3.33. The number of nitrogens with zero attached hydrogens (tertiary/aromatic N) is 7. The number of aromatic nitrogens is 5. The summed E-state index contributed by atoms with van der Waals surface area (Å²) in [7, 11) is 2.07. The first-order chi connectivity index (χ1) is 12.6. The second kappa shape index (κ2) is 6.89. The van der Waals surface area contributed by atoms with E-state index < -0.39 is 0 Å². The van der Waals surface area contributed by atoms with Gasteiger partial charge in [0.25, 0.3) is 0 Å². The van der Waals surface area contributed by atoms with Gasteiger partial charge in [-0.05, 0) is 25.2 Å². The Bertz CT molecular complexity index is 786. The molecule has 2 aliphatic rings. The molecule has 1 saturated carbocycles. The van der Waals surface area contributed by atoms with E-state index in [1.165, 1.54) is 19.2 Å². The van der Waals surface area contributed by atoms with E-state index in [1.807, 2.05) is 4.90 Å². The monoisotopic (exact) mass is 356 g/mol. The van der Waals surface area contributed by atoms with E-state index in [0.29, 0.717) is 25.5 Å². The van der Waals surface area contributed by atoms with Crippen LogP contribution in [-0.4, -0.2) is 62.2 Å². The SMILES string of the molecule is CN(CC1CC1)c1nc(N)nc2c1CCN(C(=O)Cn1cncn1)CC2. The molecule has 0 unspecified atom stereocenters. The highest BCUT2D eigenvalue weighted by Gasteiger charge is 2.27. The van der Waals surface area contributed by atoms with E-state index in [-0.39, 0.29) is 12.5 Å². The van der Waals surface area contributed by atoms with Gasteiger partial charge in [0.15, 0.2) is 0 Å². The maximum Gasteiger partial charge on any atom is 0.244 e. The third-order valence-corrected chi connectivity index (χ3v) is 5.05. The van der Waals surface area contributed by atoms with Gasteiger partial charge in [-0.3, -0.25) is 4.79 Å². The molecule has 1 fully saturated rings. The molecule has 9 nitrogen and oxygen atoms in total. The molecule has 1 aliphatic heterocycles. The molecule has 2 aromatic rings. The molecule has 0 atom stereocenters. The number of nitrogens with two attached hydrogens (primary N) is 1. The van der Waals surface area contributed by atoms with E-state index in [1.54, 1.807) is 11.0 Å². The molecule has 2 aromatic heterocycles. The standard InChI is InChI=1S/C17H24N8O/c1-23(8-12-2-3-12)16-13-4-6-24(7-5-14(13)21-17(18)22-16)15(26)9-25-11-19-10-20-25/h10-12H,2-9H2,1H3,(H2,18,21,22). The zero-order valence-corrected chi connectivity index (χ0v) is 15.0. The fraction of sp³-hybridized carbons (Fsp3) is 0.588. The number of hydrogen-bond acceptors (Lipinski definition) is 7. The summed E-state index contributed by atoms with van der Waals surface area (Å²) in [4.78, 5) is 29.5. The quantitative estimate of drug-likeness (QED) is 0.811. The molecular weight excluding hydrogens is 332 g/mol. The molecule has 26 heavy (non-hydrogen) atoms. The van der Waals surface area contributed by atoms with Gasteiger partial charge < -0.3 is 15.5 Å². The predicted molar refractivity (Wildman–Crippen MR) is 96.4 cm³/mol. The molecule has 2 N–H and O–H groups in total. The topological polar surface area (TPSA) is 106 Å². The number of hydrogen-bond donors (Lipinski definition) is 1. The van der Waals surface area contributed by atoms with Crippen LogP contribution >= 0.6 is 0 Å². The van der Waals surface area contributed by atoms with Crippen LogP contribution in [0.4, 0.5) is 11.8 Å². The van der Waals surface area contributed by atoms with Crippen LogP contribution in [0.5, 0.6) is 0 Å². The van der Waals surface area contributed by atoms with Crippen molar-refractivity contribution in [3.8, 4) is 0 Å². The van der Waals surface area contributed by atoms with Crippen molar-refractivity contribution >= 4 is 17.7 Å². The van der Waals surface area contributed by atoms with Crippen molar-refractivity contribution < 1.29 is 4.79 Å². The first-order valence-corrected chi connectivity index (χ1v) is 9.06. The molecule has 0 spiro atoms. The van der Waals surface area contributed by atoms with E-state index in [9.17, 15) is 4.79 Å².